The molecule has 1 aromatic rings. The number of nitrogens with two attached hydrogens (primary N) is 1. The molecule has 0 spiro atoms. The zero-order valence-corrected chi connectivity index (χ0v) is 15.1. The highest BCUT2D eigenvalue weighted by atomic mass is 32.1. The summed E-state index contributed by atoms with van der Waals surface area (Å²) in [6.07, 6.45) is 0. The van der Waals surface area contributed by atoms with Gasteiger partial charge in [-0.05, 0) is 24.9 Å². The fourth-order valence-electron chi connectivity index (χ4n) is 1.94. The van der Waals surface area contributed by atoms with Crippen molar-refractivity contribution in [2.75, 3.05) is 0 Å². The third-order valence-corrected chi connectivity index (χ3v) is 4.09. The van der Waals surface area contributed by atoms with Crippen LogP contribution < -0.4 is 11.1 Å². The zero-order valence-electron chi connectivity index (χ0n) is 14.3. The zero-order chi connectivity index (χ0) is 17.8. The van der Waals surface area contributed by atoms with Gasteiger partial charge in [-0.1, -0.05) is 58.1 Å². The van der Waals surface area contributed by atoms with Gasteiger partial charge in [0.15, 0.2) is 0 Å². The first-order valence-electron chi connectivity index (χ1n) is 7.59. The first kappa shape index (κ1) is 19.3. The topological polar surface area (TPSA) is 87.7 Å². The molecule has 1 aromatic carbocycles. The van der Waals surface area contributed by atoms with Gasteiger partial charge in [0.05, 0.1) is 5.56 Å². The van der Waals surface area contributed by atoms with E-state index in [0.717, 1.165) is 0 Å². The molecule has 0 aliphatic carbocycles. The molecule has 0 radical (unpaired) electrons. The average Bonchev–Trinajstić information content (AvgIpc) is 2.75. The molecule has 4 N–H and O–H groups in total. The van der Waals surface area contributed by atoms with Crippen molar-refractivity contribution < 1.29 is 9.90 Å². The molecule has 1 unspecified atom stereocenters. The Morgan fingerprint density at radius 1 is 1.30 bits per heavy atom. The fourth-order valence-corrected chi connectivity index (χ4v) is 2.32. The third kappa shape index (κ3) is 4.59. The summed E-state index contributed by atoms with van der Waals surface area (Å²) in [6.45, 7) is 9.94. The maximum Gasteiger partial charge on any atom is 0.336 e. The van der Waals surface area contributed by atoms with Crippen LogP contribution in [-0.4, -0.2) is 33.5 Å². The van der Waals surface area contributed by atoms with E-state index in [9.17, 15) is 9.90 Å². The molecule has 6 heteroatoms. The molecular formula is C17H25N3O2S. The Balaban J connectivity index is 0.000000593. The number of rotatable bonds is 3. The molecule has 2 rings (SSSR count). The molecule has 0 fully saturated rings. The number of carboxylic acid groups (broad SMARTS) is 1. The Morgan fingerprint density at radius 2 is 1.83 bits per heavy atom. The van der Waals surface area contributed by atoms with Gasteiger partial charge in [-0.25, -0.2) is 4.79 Å². The molecule has 0 aromatic heterocycles. The van der Waals surface area contributed by atoms with E-state index in [-0.39, 0.29) is 11.5 Å². The van der Waals surface area contributed by atoms with Crippen molar-refractivity contribution in [1.29, 1.82) is 0 Å². The third-order valence-electron chi connectivity index (χ3n) is 3.57. The number of nitrogens with zero attached hydrogens (tertiary/aromatic N) is 1. The summed E-state index contributed by atoms with van der Waals surface area (Å²) < 4.78 is 0. The van der Waals surface area contributed by atoms with E-state index >= 15 is 0 Å². The van der Waals surface area contributed by atoms with Crippen molar-refractivity contribution in [2.24, 2.45) is 16.6 Å². The number of aliphatic imine (C=N–C) groups is 1. The number of carboxylic acids is 1. The van der Waals surface area contributed by atoms with Crippen LogP contribution in [-0.2, 0) is 0 Å². The normalized spacial score (nSPS) is 20.0. The second kappa shape index (κ2) is 7.66. The van der Waals surface area contributed by atoms with Crippen molar-refractivity contribution in [1.82, 2.24) is 5.32 Å². The van der Waals surface area contributed by atoms with Gasteiger partial charge in [0, 0.05) is 5.56 Å². The summed E-state index contributed by atoms with van der Waals surface area (Å²) in [5, 5.41) is 12.3. The molecule has 0 amide bonds. The Labute approximate surface area is 143 Å². The Bertz CT molecular complexity index is 623. The lowest BCUT2D eigenvalue weighted by Crippen LogP contribution is -2.39. The van der Waals surface area contributed by atoms with E-state index in [1.165, 1.54) is 0 Å². The van der Waals surface area contributed by atoms with E-state index in [0.29, 0.717) is 22.4 Å². The highest BCUT2D eigenvalue weighted by molar-refractivity contribution is 7.80. The minimum absolute atomic E-state index is 0.226. The smallest absolute Gasteiger partial charge is 0.336 e. The van der Waals surface area contributed by atoms with E-state index in [1.807, 2.05) is 34.6 Å². The molecule has 0 bridgehead atoms. The highest BCUT2D eigenvalue weighted by Crippen LogP contribution is 2.28. The summed E-state index contributed by atoms with van der Waals surface area (Å²) in [7, 11) is 0. The monoisotopic (exact) mass is 335 g/mol. The molecule has 1 aliphatic heterocycles. The number of nitrogens with one attached hydrogen (secondary N) is 1. The van der Waals surface area contributed by atoms with Gasteiger partial charge in [0.1, 0.15) is 16.4 Å². The molecule has 1 aliphatic rings. The van der Waals surface area contributed by atoms with Gasteiger partial charge in [-0.3, -0.25) is 4.99 Å². The number of aromatic carboxylic acids is 1. The minimum Gasteiger partial charge on any atom is -0.478 e. The van der Waals surface area contributed by atoms with Gasteiger partial charge in [-0.2, -0.15) is 0 Å². The molecule has 23 heavy (non-hydrogen) atoms. The molecule has 0 saturated heterocycles. The molecule has 1 heterocycles. The number of hydrogen-bond donors (Lipinski definition) is 3. The van der Waals surface area contributed by atoms with Crippen LogP contribution in [0.3, 0.4) is 0 Å². The van der Waals surface area contributed by atoms with Crippen molar-refractivity contribution in [3.05, 3.63) is 35.4 Å². The maximum absolute atomic E-state index is 11.2. The molecule has 0 saturated carbocycles. The number of benzene rings is 1. The van der Waals surface area contributed by atoms with Crippen molar-refractivity contribution in [3.8, 4) is 0 Å². The largest absolute Gasteiger partial charge is 0.478 e. The van der Waals surface area contributed by atoms with Crippen molar-refractivity contribution in [2.45, 2.75) is 46.2 Å². The van der Waals surface area contributed by atoms with Crippen LogP contribution in [0, 0.1) is 5.92 Å². The summed E-state index contributed by atoms with van der Waals surface area (Å²) >= 11 is 5.34. The number of thiocarbonyl (C=S) groups is 1. The maximum atomic E-state index is 11.2. The van der Waals surface area contributed by atoms with E-state index in [4.69, 9.17) is 18.0 Å². The summed E-state index contributed by atoms with van der Waals surface area (Å²) in [5.41, 5.74) is 5.43. The predicted molar refractivity (Wildman–Crippen MR) is 98.2 cm³/mol. The van der Waals surface area contributed by atoms with E-state index in [1.54, 1.807) is 24.3 Å². The molecule has 1 atom stereocenters. The van der Waals surface area contributed by atoms with Crippen LogP contribution in [0.15, 0.2) is 29.3 Å². The fraction of sp³-hybridized carbons (Fsp3) is 0.471. The van der Waals surface area contributed by atoms with Crippen LogP contribution in [0.5, 0.6) is 0 Å². The lowest BCUT2D eigenvalue weighted by atomic mass is 9.90. The number of carbonyl (C=O) groups is 1. The van der Waals surface area contributed by atoms with Crippen LogP contribution >= 0.6 is 12.2 Å². The first-order chi connectivity index (χ1) is 10.6. The summed E-state index contributed by atoms with van der Waals surface area (Å²) in [6, 6.07) is 7.13. The Kier molecular flexibility index (Phi) is 6.41. The lowest BCUT2D eigenvalue weighted by Gasteiger charge is -2.24. The quantitative estimate of drug-likeness (QED) is 0.739. The standard InChI is InChI=1S/C14H16N2O2S.C3H9N/c1-8(2)14(3)13(19)15-11(16-14)9-6-4-5-7-10(9)12(17)18;1-3(2)4/h4-8H,1-3H3,(H,17,18)(H,15,16,19);3H,4H2,1-2H3. The van der Waals surface area contributed by atoms with Crippen LogP contribution in [0.2, 0.25) is 0 Å². The minimum atomic E-state index is -0.968. The SMILES string of the molecule is CC(C)C1(C)N=C(c2ccccc2C(=O)O)NC1=S.CC(C)N. The molecular weight excluding hydrogens is 310 g/mol. The van der Waals surface area contributed by atoms with Gasteiger partial charge in [0.2, 0.25) is 0 Å². The van der Waals surface area contributed by atoms with Crippen LogP contribution in [0.4, 0.5) is 0 Å². The van der Waals surface area contributed by atoms with Gasteiger partial charge in [0.25, 0.3) is 0 Å². The van der Waals surface area contributed by atoms with Gasteiger partial charge < -0.3 is 16.2 Å². The Hall–Kier alpha value is -1.79. The number of hydrogen-bond acceptors (Lipinski definition) is 4. The van der Waals surface area contributed by atoms with Crippen LogP contribution in [0.25, 0.3) is 0 Å². The Morgan fingerprint density at radius 3 is 2.26 bits per heavy atom. The second-order valence-corrected chi connectivity index (χ2v) is 6.72. The number of amidine groups is 1. The van der Waals surface area contributed by atoms with Gasteiger partial charge >= 0.3 is 5.97 Å². The summed E-state index contributed by atoms with van der Waals surface area (Å²) in [5.74, 6) is -0.189. The van der Waals surface area contributed by atoms with Crippen molar-refractivity contribution in [3.63, 3.8) is 0 Å². The summed E-state index contributed by atoms with van der Waals surface area (Å²) in [4.78, 5) is 16.5. The lowest BCUT2D eigenvalue weighted by molar-refractivity contribution is 0.0696. The van der Waals surface area contributed by atoms with E-state index < -0.39 is 11.5 Å². The molecule has 5 nitrogen and oxygen atoms in total. The van der Waals surface area contributed by atoms with Crippen LogP contribution in [0.1, 0.15) is 50.5 Å². The second-order valence-electron chi connectivity index (χ2n) is 6.31. The average molecular weight is 335 g/mol. The van der Waals surface area contributed by atoms with Gasteiger partial charge in [-0.15, -0.1) is 0 Å². The van der Waals surface area contributed by atoms with E-state index in [2.05, 4.69) is 10.3 Å². The highest BCUT2D eigenvalue weighted by Gasteiger charge is 2.39. The molecule has 126 valence electrons. The van der Waals surface area contributed by atoms with Crippen molar-refractivity contribution >= 4 is 29.0 Å². The predicted octanol–water partition coefficient (Wildman–Crippen LogP) is 2.83. The first-order valence-corrected chi connectivity index (χ1v) is 8.00.